The van der Waals surface area contributed by atoms with Gasteiger partial charge in [0.2, 0.25) is 0 Å². The maximum atomic E-state index is 12.6. The Balaban J connectivity index is 1.39. The second-order valence-electron chi connectivity index (χ2n) is 7.46. The van der Waals surface area contributed by atoms with Crippen LogP contribution in [-0.2, 0) is 14.3 Å². The monoisotopic (exact) mass is 418 g/mol. The average Bonchev–Trinajstić information content (AvgIpc) is 2.84. The molecule has 2 heterocycles. The molecule has 1 amide bonds. The number of nitriles is 1. The first-order chi connectivity index (χ1) is 15.2. The van der Waals surface area contributed by atoms with Crippen molar-refractivity contribution in [2.75, 3.05) is 67.7 Å². The van der Waals surface area contributed by atoms with E-state index in [1.54, 1.807) is 6.08 Å². The maximum absolute atomic E-state index is 12.6. The Kier molecular flexibility index (Phi) is 6.82. The summed E-state index contributed by atoms with van der Waals surface area (Å²) in [5.74, 6) is -0.418. The highest BCUT2D eigenvalue weighted by Gasteiger charge is 2.14. The van der Waals surface area contributed by atoms with Crippen molar-refractivity contribution in [3.63, 3.8) is 0 Å². The minimum atomic E-state index is -0.418. The highest BCUT2D eigenvalue weighted by Crippen LogP contribution is 2.21. The summed E-state index contributed by atoms with van der Waals surface area (Å²) in [5, 5.41) is 12.3. The molecule has 0 unspecified atom stereocenters. The first kappa shape index (κ1) is 20.9. The Labute approximate surface area is 182 Å². The molecule has 2 aromatic rings. The molecule has 2 aromatic carbocycles. The van der Waals surface area contributed by atoms with Crippen molar-refractivity contribution >= 4 is 29.0 Å². The van der Waals surface area contributed by atoms with Crippen molar-refractivity contribution in [3.05, 3.63) is 59.7 Å². The Morgan fingerprint density at radius 1 is 0.839 bits per heavy atom. The zero-order chi connectivity index (χ0) is 21.5. The number of nitrogens with one attached hydrogen (secondary N) is 1. The molecule has 0 spiro atoms. The van der Waals surface area contributed by atoms with Gasteiger partial charge in [0, 0.05) is 43.2 Å². The molecule has 7 heteroatoms. The molecule has 0 atom stereocenters. The van der Waals surface area contributed by atoms with Crippen LogP contribution in [0.15, 0.2) is 54.1 Å². The summed E-state index contributed by atoms with van der Waals surface area (Å²) in [7, 11) is 0. The fraction of sp³-hybridized carbons (Fsp3) is 0.333. The smallest absolute Gasteiger partial charge is 0.266 e. The van der Waals surface area contributed by atoms with E-state index in [0.29, 0.717) is 5.69 Å². The van der Waals surface area contributed by atoms with Crippen molar-refractivity contribution < 1.29 is 14.3 Å². The van der Waals surface area contributed by atoms with E-state index in [1.807, 2.05) is 54.6 Å². The van der Waals surface area contributed by atoms with E-state index in [2.05, 4.69) is 15.1 Å². The molecule has 2 aliphatic rings. The molecular weight excluding hydrogens is 392 g/mol. The van der Waals surface area contributed by atoms with E-state index in [4.69, 9.17) is 9.47 Å². The zero-order valence-corrected chi connectivity index (χ0v) is 17.4. The SMILES string of the molecule is N#C/C(=C\c1ccc(N2CCOCC2)cc1)C(=O)Nc1ccc(N2CCOCC2)cc1. The third-order valence-electron chi connectivity index (χ3n) is 5.45. The topological polar surface area (TPSA) is 77.8 Å². The van der Waals surface area contributed by atoms with Crippen LogP contribution in [0.5, 0.6) is 0 Å². The average molecular weight is 418 g/mol. The molecule has 0 aliphatic carbocycles. The van der Waals surface area contributed by atoms with Gasteiger partial charge in [0.25, 0.3) is 5.91 Å². The van der Waals surface area contributed by atoms with Gasteiger partial charge < -0.3 is 24.6 Å². The first-order valence-electron chi connectivity index (χ1n) is 10.5. The van der Waals surface area contributed by atoms with Gasteiger partial charge in [-0.05, 0) is 48.0 Å². The molecule has 31 heavy (non-hydrogen) atoms. The summed E-state index contributed by atoms with van der Waals surface area (Å²) in [5.41, 5.74) is 3.75. The van der Waals surface area contributed by atoms with Gasteiger partial charge in [-0.25, -0.2) is 0 Å². The van der Waals surface area contributed by atoms with Crippen molar-refractivity contribution in [1.82, 2.24) is 0 Å². The molecule has 0 bridgehead atoms. The molecule has 7 nitrogen and oxygen atoms in total. The van der Waals surface area contributed by atoms with E-state index in [-0.39, 0.29) is 5.57 Å². The zero-order valence-electron chi connectivity index (χ0n) is 17.4. The van der Waals surface area contributed by atoms with E-state index in [9.17, 15) is 10.1 Å². The van der Waals surface area contributed by atoms with Crippen LogP contribution in [0.3, 0.4) is 0 Å². The number of rotatable bonds is 5. The third kappa shape index (κ3) is 5.43. The Hall–Kier alpha value is -3.34. The van der Waals surface area contributed by atoms with Crippen molar-refractivity contribution in [2.24, 2.45) is 0 Å². The highest BCUT2D eigenvalue weighted by molar-refractivity contribution is 6.09. The minimum Gasteiger partial charge on any atom is -0.378 e. The van der Waals surface area contributed by atoms with Gasteiger partial charge in [-0.3, -0.25) is 4.79 Å². The first-order valence-corrected chi connectivity index (χ1v) is 10.5. The molecule has 0 aromatic heterocycles. The van der Waals surface area contributed by atoms with Crippen LogP contribution in [0.2, 0.25) is 0 Å². The lowest BCUT2D eigenvalue weighted by Gasteiger charge is -2.28. The van der Waals surface area contributed by atoms with E-state index in [0.717, 1.165) is 69.5 Å². The minimum absolute atomic E-state index is 0.0661. The van der Waals surface area contributed by atoms with Gasteiger partial charge in [-0.15, -0.1) is 0 Å². The lowest BCUT2D eigenvalue weighted by atomic mass is 10.1. The van der Waals surface area contributed by atoms with E-state index < -0.39 is 5.91 Å². The van der Waals surface area contributed by atoms with Crippen LogP contribution in [0.25, 0.3) is 6.08 Å². The summed E-state index contributed by atoms with van der Waals surface area (Å²) in [6.45, 7) is 6.36. The molecule has 1 N–H and O–H groups in total. The van der Waals surface area contributed by atoms with E-state index >= 15 is 0 Å². The summed E-state index contributed by atoms with van der Waals surface area (Å²) in [6, 6.07) is 17.5. The fourth-order valence-electron chi connectivity index (χ4n) is 3.69. The van der Waals surface area contributed by atoms with Gasteiger partial charge in [0.15, 0.2) is 0 Å². The molecule has 4 rings (SSSR count). The van der Waals surface area contributed by atoms with Crippen molar-refractivity contribution in [3.8, 4) is 6.07 Å². The van der Waals surface area contributed by atoms with Crippen LogP contribution in [0.1, 0.15) is 5.56 Å². The van der Waals surface area contributed by atoms with Gasteiger partial charge in [0.05, 0.1) is 26.4 Å². The van der Waals surface area contributed by atoms with Crippen LogP contribution in [0, 0.1) is 11.3 Å². The number of morpholine rings is 2. The highest BCUT2D eigenvalue weighted by atomic mass is 16.5. The van der Waals surface area contributed by atoms with Gasteiger partial charge >= 0.3 is 0 Å². The normalized spacial score (nSPS) is 17.2. The largest absolute Gasteiger partial charge is 0.378 e. The third-order valence-corrected chi connectivity index (χ3v) is 5.45. The molecule has 2 fully saturated rings. The van der Waals surface area contributed by atoms with Crippen LogP contribution >= 0.6 is 0 Å². The number of benzene rings is 2. The van der Waals surface area contributed by atoms with Crippen molar-refractivity contribution in [2.45, 2.75) is 0 Å². The molecule has 0 radical (unpaired) electrons. The molecular formula is C24H26N4O3. The Morgan fingerprint density at radius 2 is 1.32 bits per heavy atom. The number of ether oxygens (including phenoxy) is 2. The number of nitrogens with zero attached hydrogens (tertiary/aromatic N) is 3. The fourth-order valence-corrected chi connectivity index (χ4v) is 3.69. The quantitative estimate of drug-likeness (QED) is 0.594. The van der Waals surface area contributed by atoms with Crippen LogP contribution in [-0.4, -0.2) is 58.5 Å². The standard InChI is InChI=1S/C24H26N4O3/c25-18-20(17-19-1-5-22(6-2-19)27-9-13-30-14-10-27)24(29)26-21-3-7-23(8-4-21)28-11-15-31-16-12-28/h1-8,17H,9-16H2,(H,26,29)/b20-17+. The number of amides is 1. The second kappa shape index (κ2) is 10.1. The number of carbonyl (C=O) groups is 1. The molecule has 2 saturated heterocycles. The Bertz CT molecular complexity index is 952. The van der Waals surface area contributed by atoms with Gasteiger partial charge in [-0.1, -0.05) is 12.1 Å². The van der Waals surface area contributed by atoms with Gasteiger partial charge in [-0.2, -0.15) is 5.26 Å². The summed E-state index contributed by atoms with van der Waals surface area (Å²) < 4.78 is 10.8. The molecule has 160 valence electrons. The second-order valence-corrected chi connectivity index (χ2v) is 7.46. The lowest BCUT2D eigenvalue weighted by molar-refractivity contribution is -0.112. The summed E-state index contributed by atoms with van der Waals surface area (Å²) in [6.07, 6.45) is 1.61. The predicted octanol–water partition coefficient (Wildman–Crippen LogP) is 2.91. The summed E-state index contributed by atoms with van der Waals surface area (Å²) in [4.78, 5) is 17.1. The number of hydrogen-bond donors (Lipinski definition) is 1. The number of hydrogen-bond acceptors (Lipinski definition) is 6. The number of carbonyl (C=O) groups excluding carboxylic acids is 1. The van der Waals surface area contributed by atoms with E-state index in [1.165, 1.54) is 0 Å². The number of anilines is 3. The summed E-state index contributed by atoms with van der Waals surface area (Å²) >= 11 is 0. The van der Waals surface area contributed by atoms with Crippen LogP contribution < -0.4 is 15.1 Å². The van der Waals surface area contributed by atoms with Crippen molar-refractivity contribution in [1.29, 1.82) is 5.26 Å². The molecule has 2 aliphatic heterocycles. The lowest BCUT2D eigenvalue weighted by Crippen LogP contribution is -2.36. The molecule has 0 saturated carbocycles. The maximum Gasteiger partial charge on any atom is 0.266 e. The predicted molar refractivity (Wildman–Crippen MR) is 121 cm³/mol. The van der Waals surface area contributed by atoms with Crippen LogP contribution in [0.4, 0.5) is 17.1 Å². The van der Waals surface area contributed by atoms with Gasteiger partial charge in [0.1, 0.15) is 11.6 Å². The Morgan fingerprint density at radius 3 is 1.81 bits per heavy atom.